The third-order valence-corrected chi connectivity index (χ3v) is 5.88. The van der Waals surface area contributed by atoms with E-state index in [-0.39, 0.29) is 22.3 Å². The predicted molar refractivity (Wildman–Crippen MR) is 130 cm³/mol. The van der Waals surface area contributed by atoms with Gasteiger partial charge in [0.2, 0.25) is 0 Å². The van der Waals surface area contributed by atoms with Crippen LogP contribution in [0.5, 0.6) is 11.5 Å². The van der Waals surface area contributed by atoms with E-state index < -0.39 is 41.1 Å². The van der Waals surface area contributed by atoms with Gasteiger partial charge in [-0.25, -0.2) is 4.79 Å². The summed E-state index contributed by atoms with van der Waals surface area (Å²) in [4.78, 5) is 12.6. The molecule has 0 radical (unpaired) electrons. The van der Waals surface area contributed by atoms with Crippen LogP contribution in [0.3, 0.4) is 0 Å². The molecule has 0 aliphatic heterocycles. The van der Waals surface area contributed by atoms with Crippen LogP contribution in [0.25, 0.3) is 22.3 Å². The Morgan fingerprint density at radius 3 is 1.21 bits per heavy atom. The second kappa shape index (κ2) is 10.2. The second-order valence-electron chi connectivity index (χ2n) is 8.44. The highest BCUT2D eigenvalue weighted by Crippen LogP contribution is 2.45. The van der Waals surface area contributed by atoms with E-state index in [0.717, 1.165) is 12.1 Å². The van der Waals surface area contributed by atoms with Gasteiger partial charge in [0.25, 0.3) is 0 Å². The third-order valence-electron chi connectivity index (χ3n) is 5.88. The number of carbonyl (C=O) groups excluding carboxylic acids is 1. The van der Waals surface area contributed by atoms with Gasteiger partial charge in [-0.2, -0.15) is 26.3 Å². The fourth-order valence-electron chi connectivity index (χ4n) is 4.22. The first-order valence-corrected chi connectivity index (χ1v) is 11.3. The summed E-state index contributed by atoms with van der Waals surface area (Å²) in [6.45, 7) is 3.24. The van der Waals surface area contributed by atoms with Crippen LogP contribution in [0.2, 0.25) is 0 Å². The number of hydrogen-bond acceptors (Lipinski definition) is 3. The van der Waals surface area contributed by atoms with Crippen molar-refractivity contribution < 1.29 is 40.6 Å². The Kier molecular flexibility index (Phi) is 7.22. The Labute approximate surface area is 214 Å². The maximum Gasteiger partial charge on any atom is 0.519 e. The van der Waals surface area contributed by atoms with Crippen LogP contribution in [0.1, 0.15) is 22.3 Å². The van der Waals surface area contributed by atoms with E-state index in [2.05, 4.69) is 0 Å². The molecule has 0 unspecified atom stereocenters. The molecule has 0 aromatic heterocycles. The van der Waals surface area contributed by atoms with E-state index in [1.165, 1.54) is 36.4 Å². The van der Waals surface area contributed by atoms with E-state index >= 15 is 0 Å². The lowest BCUT2D eigenvalue weighted by Crippen LogP contribution is -2.20. The fourth-order valence-corrected chi connectivity index (χ4v) is 4.22. The van der Waals surface area contributed by atoms with Gasteiger partial charge in [-0.1, -0.05) is 72.8 Å². The van der Waals surface area contributed by atoms with Gasteiger partial charge in [0.15, 0.2) is 0 Å². The number of ether oxygens (including phenoxy) is 2. The minimum Gasteiger partial charge on any atom is -0.394 e. The second-order valence-corrected chi connectivity index (χ2v) is 8.44. The lowest BCUT2D eigenvalue weighted by atomic mass is 9.95. The molecular weight excluding hydrogens is 510 g/mol. The van der Waals surface area contributed by atoms with Crippen molar-refractivity contribution in [3.05, 3.63) is 107 Å². The zero-order chi connectivity index (χ0) is 27.7. The molecule has 4 aromatic rings. The van der Waals surface area contributed by atoms with E-state index in [0.29, 0.717) is 11.1 Å². The lowest BCUT2D eigenvalue weighted by molar-refractivity contribution is -0.138. The number of aryl methyl sites for hydroxylation is 2. The molecule has 0 N–H and O–H groups in total. The van der Waals surface area contributed by atoms with Crippen LogP contribution in [0, 0.1) is 13.8 Å². The highest BCUT2D eigenvalue weighted by molar-refractivity contribution is 5.78. The van der Waals surface area contributed by atoms with Gasteiger partial charge in [0, 0.05) is 0 Å². The van der Waals surface area contributed by atoms with Crippen molar-refractivity contribution in [1.29, 1.82) is 0 Å². The standard InChI is InChI=1S/C29H20F6O3/c1-17-9-3-5-11-19(17)21-13-7-15-23(25(21)28(30,31)32)37-27(36)38-24-16-8-14-22(26(24)29(33,34)35)20-12-6-4-10-18(20)2/h3-16H,1-2H3. The smallest absolute Gasteiger partial charge is 0.394 e. The Morgan fingerprint density at radius 2 is 0.868 bits per heavy atom. The monoisotopic (exact) mass is 530 g/mol. The SMILES string of the molecule is Cc1ccccc1-c1cccc(OC(=O)Oc2cccc(-c3ccccc3C)c2C(F)(F)F)c1C(F)(F)F. The van der Waals surface area contributed by atoms with Crippen LogP contribution in [0.4, 0.5) is 31.1 Å². The molecule has 0 heterocycles. The molecule has 4 rings (SSSR count). The number of carbonyl (C=O) groups is 1. The molecule has 0 aliphatic rings. The first-order chi connectivity index (χ1) is 17.9. The minimum atomic E-state index is -4.95. The zero-order valence-corrected chi connectivity index (χ0v) is 20.1. The summed E-state index contributed by atoms with van der Waals surface area (Å²) >= 11 is 0. The van der Waals surface area contributed by atoms with Crippen molar-refractivity contribution in [2.24, 2.45) is 0 Å². The third kappa shape index (κ3) is 5.51. The number of hydrogen-bond donors (Lipinski definition) is 0. The molecule has 0 bridgehead atoms. The van der Waals surface area contributed by atoms with Crippen molar-refractivity contribution in [1.82, 2.24) is 0 Å². The first kappa shape index (κ1) is 26.8. The number of halogens is 6. The summed E-state index contributed by atoms with van der Waals surface area (Å²) < 4.78 is 94.5. The molecule has 9 heteroatoms. The summed E-state index contributed by atoms with van der Waals surface area (Å²) in [6.07, 6.45) is -11.6. The van der Waals surface area contributed by atoms with Crippen LogP contribution >= 0.6 is 0 Å². The number of rotatable bonds is 4. The molecule has 3 nitrogen and oxygen atoms in total. The van der Waals surface area contributed by atoms with E-state index in [4.69, 9.17) is 9.47 Å². The Hall–Kier alpha value is -4.27. The van der Waals surface area contributed by atoms with Crippen LogP contribution in [0.15, 0.2) is 84.9 Å². The fraction of sp³-hybridized carbons (Fsp3) is 0.138. The Morgan fingerprint density at radius 1 is 0.526 bits per heavy atom. The zero-order valence-electron chi connectivity index (χ0n) is 20.1. The van der Waals surface area contributed by atoms with Gasteiger partial charge in [-0.3, -0.25) is 0 Å². The summed E-state index contributed by atoms with van der Waals surface area (Å²) in [6, 6.07) is 19.4. The van der Waals surface area contributed by atoms with Crippen molar-refractivity contribution in [3.8, 4) is 33.8 Å². The normalized spacial score (nSPS) is 11.8. The average molecular weight is 530 g/mol. The van der Waals surface area contributed by atoms with E-state index in [9.17, 15) is 31.1 Å². The summed E-state index contributed by atoms with van der Waals surface area (Å²) in [5.41, 5.74) is -1.42. The average Bonchev–Trinajstić information content (AvgIpc) is 2.83. The molecule has 38 heavy (non-hydrogen) atoms. The number of alkyl halides is 6. The molecule has 0 amide bonds. The van der Waals surface area contributed by atoms with Crippen molar-refractivity contribution in [2.75, 3.05) is 0 Å². The number of benzene rings is 4. The van der Waals surface area contributed by atoms with Gasteiger partial charge in [0.1, 0.15) is 22.6 Å². The van der Waals surface area contributed by atoms with Crippen LogP contribution in [-0.2, 0) is 12.4 Å². The molecule has 0 saturated carbocycles. The Balaban J connectivity index is 1.75. The first-order valence-electron chi connectivity index (χ1n) is 11.3. The minimum absolute atomic E-state index is 0.251. The van der Waals surface area contributed by atoms with Crippen molar-refractivity contribution >= 4 is 6.16 Å². The maximum atomic E-state index is 14.1. The highest BCUT2D eigenvalue weighted by Gasteiger charge is 2.40. The predicted octanol–water partition coefficient (Wildman–Crippen LogP) is 9.25. The maximum absolute atomic E-state index is 14.1. The molecule has 0 spiro atoms. The molecule has 4 aromatic carbocycles. The molecule has 0 fully saturated rings. The Bertz CT molecular complexity index is 1380. The van der Waals surface area contributed by atoms with Gasteiger partial charge >= 0.3 is 18.5 Å². The topological polar surface area (TPSA) is 35.5 Å². The van der Waals surface area contributed by atoms with Crippen molar-refractivity contribution in [3.63, 3.8) is 0 Å². The highest BCUT2D eigenvalue weighted by atomic mass is 19.4. The van der Waals surface area contributed by atoms with E-state index in [1.807, 2.05) is 0 Å². The largest absolute Gasteiger partial charge is 0.519 e. The molecule has 0 atom stereocenters. The summed E-state index contributed by atoms with van der Waals surface area (Å²) in [5, 5.41) is 0. The van der Waals surface area contributed by atoms with Crippen LogP contribution in [-0.4, -0.2) is 6.16 Å². The molecule has 0 aliphatic carbocycles. The summed E-state index contributed by atoms with van der Waals surface area (Å²) in [7, 11) is 0. The van der Waals surface area contributed by atoms with Gasteiger partial charge in [-0.05, 0) is 59.4 Å². The van der Waals surface area contributed by atoms with E-state index in [1.54, 1.807) is 50.2 Å². The molecule has 196 valence electrons. The lowest BCUT2D eigenvalue weighted by Gasteiger charge is -2.20. The van der Waals surface area contributed by atoms with Crippen LogP contribution < -0.4 is 9.47 Å². The summed E-state index contributed by atoms with van der Waals surface area (Å²) in [5.74, 6) is -1.79. The quantitative estimate of drug-likeness (QED) is 0.150. The molecule has 0 saturated heterocycles. The van der Waals surface area contributed by atoms with Gasteiger partial charge in [0.05, 0.1) is 0 Å². The van der Waals surface area contributed by atoms with Gasteiger partial charge in [-0.15, -0.1) is 0 Å². The van der Waals surface area contributed by atoms with Crippen molar-refractivity contribution in [2.45, 2.75) is 26.2 Å². The molecular formula is C29H20F6O3. The van der Waals surface area contributed by atoms with Gasteiger partial charge < -0.3 is 9.47 Å².